The zero-order valence-electron chi connectivity index (χ0n) is 12.6. The van der Waals surface area contributed by atoms with E-state index >= 15 is 0 Å². The van der Waals surface area contributed by atoms with Crippen LogP contribution in [0.25, 0.3) is 0 Å². The smallest absolute Gasteiger partial charge is 0.0587 e. The summed E-state index contributed by atoms with van der Waals surface area (Å²) in [6.07, 6.45) is 7.58. The molecule has 0 aromatic carbocycles. The first-order valence-corrected chi connectivity index (χ1v) is 7.69. The molecule has 1 aliphatic heterocycles. The number of methoxy groups -OCH3 is 1. The summed E-state index contributed by atoms with van der Waals surface area (Å²) in [5, 5.41) is 3.49. The predicted octanol–water partition coefficient (Wildman–Crippen LogP) is 1.57. The lowest BCUT2D eigenvalue weighted by atomic mass is 9.97. The quantitative estimate of drug-likeness (QED) is 0.732. The Bertz CT molecular complexity index is 358. The average Bonchev–Trinajstić information content (AvgIpc) is 2.51. The molecule has 4 nitrogen and oxygen atoms in total. The molecule has 112 valence electrons. The van der Waals surface area contributed by atoms with Gasteiger partial charge in [-0.1, -0.05) is 0 Å². The van der Waals surface area contributed by atoms with Crippen LogP contribution >= 0.6 is 0 Å². The first-order chi connectivity index (χ1) is 9.88. The van der Waals surface area contributed by atoms with Crippen molar-refractivity contribution in [2.45, 2.75) is 19.3 Å². The highest BCUT2D eigenvalue weighted by molar-refractivity contribution is 5.09. The highest BCUT2D eigenvalue weighted by Gasteiger charge is 2.19. The molecule has 2 heterocycles. The Morgan fingerprint density at radius 2 is 2.25 bits per heavy atom. The van der Waals surface area contributed by atoms with Gasteiger partial charge < -0.3 is 15.0 Å². The Morgan fingerprint density at radius 3 is 3.05 bits per heavy atom. The van der Waals surface area contributed by atoms with Gasteiger partial charge in [-0.25, -0.2) is 0 Å². The summed E-state index contributed by atoms with van der Waals surface area (Å²) in [5.41, 5.74) is 1.39. The van der Waals surface area contributed by atoms with Crippen molar-refractivity contribution in [3.8, 4) is 0 Å². The van der Waals surface area contributed by atoms with Gasteiger partial charge in [-0.15, -0.1) is 0 Å². The fourth-order valence-electron chi connectivity index (χ4n) is 2.84. The summed E-state index contributed by atoms with van der Waals surface area (Å²) in [4.78, 5) is 6.67. The molecule has 4 heteroatoms. The number of hydrogen-bond donors (Lipinski definition) is 1. The lowest BCUT2D eigenvalue weighted by molar-refractivity contribution is 0.166. The highest BCUT2D eigenvalue weighted by Crippen LogP contribution is 2.16. The standard InChI is InChI=1S/C16H27N3O/c1-20-12-9-18-13-16-3-2-10-19(14-16)11-6-15-4-7-17-8-5-15/h4-5,7-8,16,18H,2-3,6,9-14H2,1H3. The second kappa shape index (κ2) is 9.06. The van der Waals surface area contributed by atoms with Crippen LogP contribution in [0, 0.1) is 5.92 Å². The van der Waals surface area contributed by atoms with Crippen LogP contribution < -0.4 is 5.32 Å². The van der Waals surface area contributed by atoms with Gasteiger partial charge in [-0.3, -0.25) is 4.98 Å². The lowest BCUT2D eigenvalue weighted by Crippen LogP contribution is -2.41. The van der Waals surface area contributed by atoms with Crippen molar-refractivity contribution in [2.24, 2.45) is 5.92 Å². The largest absolute Gasteiger partial charge is 0.383 e. The van der Waals surface area contributed by atoms with Gasteiger partial charge in [0.2, 0.25) is 0 Å². The van der Waals surface area contributed by atoms with E-state index in [1.54, 1.807) is 7.11 Å². The molecule has 0 bridgehead atoms. The fraction of sp³-hybridized carbons (Fsp3) is 0.688. The van der Waals surface area contributed by atoms with Crippen LogP contribution in [0.4, 0.5) is 0 Å². The molecule has 1 N–H and O–H groups in total. The molecule has 0 aliphatic carbocycles. The number of ether oxygens (including phenoxy) is 1. The normalized spacial score (nSPS) is 20.1. The predicted molar refractivity (Wildman–Crippen MR) is 81.9 cm³/mol. The van der Waals surface area contributed by atoms with E-state index in [0.29, 0.717) is 0 Å². The monoisotopic (exact) mass is 277 g/mol. The Labute approximate surface area is 122 Å². The van der Waals surface area contributed by atoms with Crippen LogP contribution in [-0.4, -0.2) is 56.3 Å². The van der Waals surface area contributed by atoms with Gasteiger partial charge in [0.15, 0.2) is 0 Å². The summed E-state index contributed by atoms with van der Waals surface area (Å²) >= 11 is 0. The van der Waals surface area contributed by atoms with Gasteiger partial charge in [0, 0.05) is 39.1 Å². The molecular weight excluding hydrogens is 250 g/mol. The SMILES string of the molecule is COCCNCC1CCCN(CCc2ccncc2)C1. The van der Waals surface area contributed by atoms with Crippen molar-refractivity contribution in [3.63, 3.8) is 0 Å². The minimum atomic E-state index is 0.790. The van der Waals surface area contributed by atoms with Crippen LogP contribution in [0.1, 0.15) is 18.4 Å². The summed E-state index contributed by atoms with van der Waals surface area (Å²) in [5.74, 6) is 0.790. The highest BCUT2D eigenvalue weighted by atomic mass is 16.5. The number of nitrogens with one attached hydrogen (secondary N) is 1. The second-order valence-electron chi connectivity index (χ2n) is 5.61. The first kappa shape index (κ1) is 15.4. The van der Waals surface area contributed by atoms with Crippen molar-refractivity contribution in [1.29, 1.82) is 0 Å². The molecule has 20 heavy (non-hydrogen) atoms. The minimum Gasteiger partial charge on any atom is -0.383 e. The maximum Gasteiger partial charge on any atom is 0.0587 e. The third-order valence-electron chi connectivity index (χ3n) is 3.99. The minimum absolute atomic E-state index is 0.790. The van der Waals surface area contributed by atoms with Gasteiger partial charge in [0.1, 0.15) is 0 Å². The summed E-state index contributed by atoms with van der Waals surface area (Å²) in [6, 6.07) is 4.24. The third kappa shape index (κ3) is 5.57. The number of piperidine rings is 1. The Morgan fingerprint density at radius 1 is 1.40 bits per heavy atom. The molecule has 1 saturated heterocycles. The first-order valence-electron chi connectivity index (χ1n) is 7.69. The van der Waals surface area contributed by atoms with E-state index in [1.807, 2.05) is 12.4 Å². The van der Waals surface area contributed by atoms with Crippen molar-refractivity contribution in [2.75, 3.05) is 46.4 Å². The number of hydrogen-bond acceptors (Lipinski definition) is 4. The topological polar surface area (TPSA) is 37.4 Å². The summed E-state index contributed by atoms with van der Waals surface area (Å²) in [6.45, 7) is 6.53. The maximum absolute atomic E-state index is 5.06. The van der Waals surface area contributed by atoms with Gasteiger partial charge in [-0.2, -0.15) is 0 Å². The lowest BCUT2D eigenvalue weighted by Gasteiger charge is -2.32. The third-order valence-corrected chi connectivity index (χ3v) is 3.99. The van der Waals surface area contributed by atoms with Crippen LogP contribution in [-0.2, 0) is 11.2 Å². The average molecular weight is 277 g/mol. The van der Waals surface area contributed by atoms with Crippen LogP contribution in [0.3, 0.4) is 0 Å². The van der Waals surface area contributed by atoms with E-state index in [1.165, 1.54) is 38.0 Å². The van der Waals surface area contributed by atoms with Crippen molar-refractivity contribution in [3.05, 3.63) is 30.1 Å². The van der Waals surface area contributed by atoms with Crippen LogP contribution in [0.2, 0.25) is 0 Å². The van der Waals surface area contributed by atoms with Crippen molar-refractivity contribution in [1.82, 2.24) is 15.2 Å². The molecule has 0 amide bonds. The molecular formula is C16H27N3O. The van der Waals surface area contributed by atoms with E-state index in [2.05, 4.69) is 27.3 Å². The molecule has 0 saturated carbocycles. The Kier molecular flexibility index (Phi) is 6.98. The molecule has 1 atom stereocenters. The van der Waals surface area contributed by atoms with E-state index in [4.69, 9.17) is 4.74 Å². The molecule has 1 aromatic rings. The molecule has 1 aliphatic rings. The summed E-state index contributed by atoms with van der Waals surface area (Å²) < 4.78 is 5.06. The van der Waals surface area contributed by atoms with Crippen LogP contribution in [0.15, 0.2) is 24.5 Å². The van der Waals surface area contributed by atoms with Gasteiger partial charge in [-0.05, 0) is 56.0 Å². The van der Waals surface area contributed by atoms with Crippen molar-refractivity contribution >= 4 is 0 Å². The van der Waals surface area contributed by atoms with Gasteiger partial charge in [0.05, 0.1) is 6.61 Å². The Hall–Kier alpha value is -0.970. The Balaban J connectivity index is 1.65. The molecule has 0 radical (unpaired) electrons. The molecule has 0 spiro atoms. The molecule has 1 aromatic heterocycles. The molecule has 1 unspecified atom stereocenters. The van der Waals surface area contributed by atoms with E-state index < -0.39 is 0 Å². The van der Waals surface area contributed by atoms with Gasteiger partial charge in [0.25, 0.3) is 0 Å². The second-order valence-corrected chi connectivity index (χ2v) is 5.61. The van der Waals surface area contributed by atoms with Crippen molar-refractivity contribution < 1.29 is 4.74 Å². The number of likely N-dealkylation sites (tertiary alicyclic amines) is 1. The number of rotatable bonds is 8. The zero-order chi connectivity index (χ0) is 14.0. The number of nitrogens with zero attached hydrogens (tertiary/aromatic N) is 2. The molecule has 1 fully saturated rings. The number of pyridine rings is 1. The van der Waals surface area contributed by atoms with Crippen LogP contribution in [0.5, 0.6) is 0 Å². The number of aromatic nitrogens is 1. The van der Waals surface area contributed by atoms with E-state index in [0.717, 1.165) is 32.0 Å². The zero-order valence-corrected chi connectivity index (χ0v) is 12.6. The molecule has 2 rings (SSSR count). The van der Waals surface area contributed by atoms with E-state index in [-0.39, 0.29) is 0 Å². The summed E-state index contributed by atoms with van der Waals surface area (Å²) in [7, 11) is 1.75. The fourth-order valence-corrected chi connectivity index (χ4v) is 2.84. The maximum atomic E-state index is 5.06. The van der Waals surface area contributed by atoms with Gasteiger partial charge >= 0.3 is 0 Å². The van der Waals surface area contributed by atoms with E-state index in [9.17, 15) is 0 Å².